The second-order valence-electron chi connectivity index (χ2n) is 15.0. The lowest BCUT2D eigenvalue weighted by Gasteiger charge is -2.21. The molecule has 1 aliphatic carbocycles. The van der Waals surface area contributed by atoms with Gasteiger partial charge in [0.1, 0.15) is 0 Å². The largest absolute Gasteiger partial charge is 0.228 e. The first-order valence-electron chi connectivity index (χ1n) is 19.0. The third-order valence-corrected chi connectivity index (χ3v) is 11.3. The van der Waals surface area contributed by atoms with Crippen molar-refractivity contribution in [1.82, 2.24) is 9.97 Å². The molecule has 0 N–H and O–H groups in total. The normalized spacial score (nSPS) is 12.7. The van der Waals surface area contributed by atoms with Crippen molar-refractivity contribution in [1.29, 1.82) is 0 Å². The third kappa shape index (κ3) is 5.66. The van der Waals surface area contributed by atoms with Gasteiger partial charge in [0, 0.05) is 22.1 Å². The summed E-state index contributed by atoms with van der Waals surface area (Å²) in [4.78, 5) is 10.2. The molecule has 10 rings (SSSR count). The number of aromatic nitrogens is 2. The Morgan fingerprint density at radius 1 is 0.327 bits per heavy atom. The molecular formula is C53H38N2. The van der Waals surface area contributed by atoms with E-state index in [1.165, 1.54) is 61.0 Å². The topological polar surface area (TPSA) is 25.8 Å². The van der Waals surface area contributed by atoms with Gasteiger partial charge in [-0.1, -0.05) is 196 Å². The van der Waals surface area contributed by atoms with Gasteiger partial charge in [0.25, 0.3) is 0 Å². The summed E-state index contributed by atoms with van der Waals surface area (Å²) in [5.41, 5.74) is 17.7. The smallest absolute Gasteiger partial charge is 0.160 e. The summed E-state index contributed by atoms with van der Waals surface area (Å²) in [7, 11) is 0. The molecule has 260 valence electrons. The Bertz CT molecular complexity index is 2810. The fraction of sp³-hybridized carbons (Fsp3) is 0.0566. The van der Waals surface area contributed by atoms with Gasteiger partial charge in [-0.25, -0.2) is 9.97 Å². The van der Waals surface area contributed by atoms with Crippen LogP contribution in [0, 0.1) is 0 Å². The van der Waals surface area contributed by atoms with Gasteiger partial charge in [-0.15, -0.1) is 0 Å². The third-order valence-electron chi connectivity index (χ3n) is 11.3. The van der Waals surface area contributed by atoms with Crippen LogP contribution in [0.15, 0.2) is 194 Å². The van der Waals surface area contributed by atoms with Gasteiger partial charge in [0.15, 0.2) is 5.82 Å². The predicted octanol–water partition coefficient (Wildman–Crippen LogP) is 13.9. The van der Waals surface area contributed by atoms with Crippen LogP contribution in [-0.2, 0) is 5.41 Å². The van der Waals surface area contributed by atoms with Crippen LogP contribution in [0.5, 0.6) is 0 Å². The first-order chi connectivity index (χ1) is 27.0. The van der Waals surface area contributed by atoms with Gasteiger partial charge in [0.2, 0.25) is 0 Å². The summed E-state index contributed by atoms with van der Waals surface area (Å²) in [5, 5.41) is 2.35. The molecule has 0 spiro atoms. The minimum atomic E-state index is -0.0181. The van der Waals surface area contributed by atoms with Crippen molar-refractivity contribution in [2.45, 2.75) is 19.3 Å². The Hall–Kier alpha value is -6.90. The van der Waals surface area contributed by atoms with Gasteiger partial charge >= 0.3 is 0 Å². The molecule has 0 bridgehead atoms. The number of rotatable bonds is 6. The summed E-state index contributed by atoms with van der Waals surface area (Å²) in [6.45, 7) is 4.68. The maximum atomic E-state index is 5.16. The average Bonchev–Trinajstić information content (AvgIpc) is 3.50. The Balaban J connectivity index is 1.03. The summed E-state index contributed by atoms with van der Waals surface area (Å²) in [5.74, 6) is 0.717. The number of hydrogen-bond acceptors (Lipinski definition) is 2. The van der Waals surface area contributed by atoms with E-state index in [1.807, 2.05) is 24.3 Å². The quantitative estimate of drug-likeness (QED) is 0.172. The Kier molecular flexibility index (Phi) is 7.85. The monoisotopic (exact) mass is 702 g/mol. The maximum Gasteiger partial charge on any atom is 0.160 e. The van der Waals surface area contributed by atoms with Gasteiger partial charge in [-0.2, -0.15) is 0 Å². The summed E-state index contributed by atoms with van der Waals surface area (Å²) in [6.07, 6.45) is 0. The molecule has 9 aromatic rings. The molecule has 2 heteroatoms. The van der Waals surface area contributed by atoms with Crippen LogP contribution in [0.2, 0.25) is 0 Å². The fourth-order valence-electron chi connectivity index (χ4n) is 8.54. The lowest BCUT2D eigenvalue weighted by molar-refractivity contribution is 0.660. The predicted molar refractivity (Wildman–Crippen MR) is 230 cm³/mol. The van der Waals surface area contributed by atoms with Crippen LogP contribution < -0.4 is 0 Å². The summed E-state index contributed by atoms with van der Waals surface area (Å²) >= 11 is 0. The number of nitrogens with zero attached hydrogens (tertiary/aromatic N) is 2. The van der Waals surface area contributed by atoms with E-state index in [4.69, 9.17) is 9.97 Å². The van der Waals surface area contributed by atoms with Crippen molar-refractivity contribution in [2.24, 2.45) is 0 Å². The van der Waals surface area contributed by atoms with Crippen LogP contribution in [-0.4, -0.2) is 9.97 Å². The highest BCUT2D eigenvalue weighted by atomic mass is 14.9. The standard InChI is InChI=1S/C53H38N2/c1-53(2)47-25-12-11-23-46(47)51-42(24-14-26-48(51)53)36-29-27-35(28-30-36)39-19-13-20-40(33-39)41-31-32-45(44-22-10-9-21-43(41)44)50-34-49(37-15-5-3-6-16-37)54-52(55-50)38-17-7-4-8-18-38/h3-34H,1-2H3. The van der Waals surface area contributed by atoms with E-state index in [1.54, 1.807) is 0 Å². The zero-order chi connectivity index (χ0) is 36.9. The molecule has 55 heavy (non-hydrogen) atoms. The highest BCUT2D eigenvalue weighted by Crippen LogP contribution is 2.52. The SMILES string of the molecule is CC1(C)c2ccccc2-c2c(-c3ccc(-c4cccc(-c5ccc(-c6cc(-c7ccccc7)nc(-c7ccccc7)n6)c6ccccc56)c4)cc3)cccc21. The lowest BCUT2D eigenvalue weighted by atomic mass is 9.82. The molecule has 0 radical (unpaired) electrons. The van der Waals surface area contributed by atoms with Crippen LogP contribution in [0.1, 0.15) is 25.0 Å². The fourth-order valence-corrected chi connectivity index (χ4v) is 8.54. The van der Waals surface area contributed by atoms with E-state index in [0.29, 0.717) is 5.82 Å². The van der Waals surface area contributed by atoms with Gasteiger partial charge in [0.05, 0.1) is 11.4 Å². The Morgan fingerprint density at radius 3 is 1.65 bits per heavy atom. The van der Waals surface area contributed by atoms with Crippen molar-refractivity contribution < 1.29 is 0 Å². The van der Waals surface area contributed by atoms with E-state index in [9.17, 15) is 0 Å². The van der Waals surface area contributed by atoms with Crippen molar-refractivity contribution in [3.05, 3.63) is 205 Å². The minimum absolute atomic E-state index is 0.0181. The Labute approximate surface area is 322 Å². The first kappa shape index (κ1) is 32.7. The van der Waals surface area contributed by atoms with Crippen LogP contribution >= 0.6 is 0 Å². The second kappa shape index (κ2) is 13.2. The molecule has 0 aliphatic heterocycles. The minimum Gasteiger partial charge on any atom is -0.228 e. The van der Waals surface area contributed by atoms with Crippen molar-refractivity contribution >= 4 is 10.8 Å². The number of benzene rings is 8. The molecule has 1 heterocycles. The molecule has 1 aliphatic rings. The zero-order valence-corrected chi connectivity index (χ0v) is 30.9. The molecular weight excluding hydrogens is 665 g/mol. The number of hydrogen-bond donors (Lipinski definition) is 0. The van der Waals surface area contributed by atoms with Crippen molar-refractivity contribution in [3.8, 4) is 78.4 Å². The average molecular weight is 703 g/mol. The lowest BCUT2D eigenvalue weighted by Crippen LogP contribution is -2.14. The van der Waals surface area contributed by atoms with Crippen LogP contribution in [0.4, 0.5) is 0 Å². The zero-order valence-electron chi connectivity index (χ0n) is 30.9. The van der Waals surface area contributed by atoms with Crippen LogP contribution in [0.25, 0.3) is 89.2 Å². The van der Waals surface area contributed by atoms with E-state index in [0.717, 1.165) is 33.5 Å². The molecule has 2 nitrogen and oxygen atoms in total. The van der Waals surface area contributed by atoms with E-state index >= 15 is 0 Å². The molecule has 0 saturated heterocycles. The molecule has 8 aromatic carbocycles. The summed E-state index contributed by atoms with van der Waals surface area (Å²) < 4.78 is 0. The molecule has 0 amide bonds. The van der Waals surface area contributed by atoms with Crippen molar-refractivity contribution in [2.75, 3.05) is 0 Å². The molecule has 0 unspecified atom stereocenters. The van der Waals surface area contributed by atoms with E-state index < -0.39 is 0 Å². The highest BCUT2D eigenvalue weighted by Gasteiger charge is 2.36. The molecule has 0 saturated carbocycles. The Morgan fingerprint density at radius 2 is 0.873 bits per heavy atom. The van der Waals surface area contributed by atoms with Crippen molar-refractivity contribution in [3.63, 3.8) is 0 Å². The van der Waals surface area contributed by atoms with E-state index in [-0.39, 0.29) is 5.41 Å². The van der Waals surface area contributed by atoms with Gasteiger partial charge < -0.3 is 0 Å². The highest BCUT2D eigenvalue weighted by molar-refractivity contribution is 6.05. The van der Waals surface area contributed by atoms with Gasteiger partial charge in [-0.3, -0.25) is 0 Å². The summed E-state index contributed by atoms with van der Waals surface area (Å²) in [6, 6.07) is 69.6. The molecule has 1 aromatic heterocycles. The molecule has 0 atom stereocenters. The van der Waals surface area contributed by atoms with Gasteiger partial charge in [-0.05, 0) is 78.5 Å². The first-order valence-corrected chi connectivity index (χ1v) is 19.0. The molecule has 0 fully saturated rings. The second-order valence-corrected chi connectivity index (χ2v) is 15.0. The number of fused-ring (bicyclic) bond motifs is 4. The van der Waals surface area contributed by atoms with Crippen LogP contribution in [0.3, 0.4) is 0 Å². The van der Waals surface area contributed by atoms with E-state index in [2.05, 4.69) is 184 Å². The maximum absolute atomic E-state index is 5.16.